The van der Waals surface area contributed by atoms with Gasteiger partial charge in [0.25, 0.3) is 0 Å². The molecule has 22 heavy (non-hydrogen) atoms. The van der Waals surface area contributed by atoms with Crippen molar-refractivity contribution in [2.75, 3.05) is 6.54 Å². The number of carbonyl (C=O) groups excluding carboxylic acids is 1. The molecule has 7 heteroatoms. The lowest BCUT2D eigenvalue weighted by Gasteiger charge is -2.15. The number of carbonyl (C=O) groups is 1. The number of urea groups is 1. The molecule has 1 aliphatic rings. The monoisotopic (exact) mass is 382 g/mol. The molecule has 2 N–H and O–H groups in total. The van der Waals surface area contributed by atoms with Crippen molar-refractivity contribution in [2.45, 2.75) is 25.4 Å². The molecule has 1 aromatic carbocycles. The van der Waals surface area contributed by atoms with Gasteiger partial charge in [0.05, 0.1) is 23.3 Å². The molecular formula is C15H16BrClN4O. The van der Waals surface area contributed by atoms with Crippen LogP contribution >= 0.6 is 27.5 Å². The Kier molecular flexibility index (Phi) is 4.69. The van der Waals surface area contributed by atoms with Crippen LogP contribution in [0.15, 0.2) is 35.1 Å². The normalized spacial score (nSPS) is 16.4. The van der Waals surface area contributed by atoms with Crippen molar-refractivity contribution in [1.82, 2.24) is 20.4 Å². The molecule has 0 saturated carbocycles. The van der Waals surface area contributed by atoms with E-state index in [2.05, 4.69) is 31.7 Å². The molecule has 1 heterocycles. The summed E-state index contributed by atoms with van der Waals surface area (Å²) in [6, 6.07) is 5.75. The molecule has 0 unspecified atom stereocenters. The van der Waals surface area contributed by atoms with Gasteiger partial charge in [-0.25, -0.2) is 4.79 Å². The highest BCUT2D eigenvalue weighted by Gasteiger charge is 2.23. The van der Waals surface area contributed by atoms with Crippen molar-refractivity contribution in [3.8, 4) is 0 Å². The van der Waals surface area contributed by atoms with Gasteiger partial charge in [-0.15, -0.1) is 0 Å². The quantitative estimate of drug-likeness (QED) is 0.851. The molecule has 0 bridgehead atoms. The summed E-state index contributed by atoms with van der Waals surface area (Å²) in [6.07, 6.45) is 5.45. The SMILES string of the molecule is O=C(NCCn1cc(Br)cn1)N[C@@H]1CCc2cc(Cl)ccc21. The van der Waals surface area contributed by atoms with E-state index in [1.54, 1.807) is 10.9 Å². The third-order valence-corrected chi connectivity index (χ3v) is 4.36. The van der Waals surface area contributed by atoms with E-state index in [0.29, 0.717) is 13.1 Å². The van der Waals surface area contributed by atoms with Gasteiger partial charge in [-0.05, 0) is 52.0 Å². The van der Waals surface area contributed by atoms with E-state index in [-0.39, 0.29) is 12.1 Å². The molecule has 0 spiro atoms. The topological polar surface area (TPSA) is 59.0 Å². The van der Waals surface area contributed by atoms with Crippen LogP contribution in [0.2, 0.25) is 5.02 Å². The summed E-state index contributed by atoms with van der Waals surface area (Å²) in [4.78, 5) is 12.0. The van der Waals surface area contributed by atoms with E-state index in [4.69, 9.17) is 11.6 Å². The number of nitrogens with one attached hydrogen (secondary N) is 2. The van der Waals surface area contributed by atoms with Crippen molar-refractivity contribution in [3.63, 3.8) is 0 Å². The molecular weight excluding hydrogens is 368 g/mol. The van der Waals surface area contributed by atoms with Gasteiger partial charge in [0, 0.05) is 17.8 Å². The third-order valence-electron chi connectivity index (χ3n) is 3.72. The number of rotatable bonds is 4. The summed E-state index contributed by atoms with van der Waals surface area (Å²) in [5.41, 5.74) is 2.38. The third kappa shape index (κ3) is 3.62. The van der Waals surface area contributed by atoms with Gasteiger partial charge in [-0.3, -0.25) is 4.68 Å². The predicted molar refractivity (Wildman–Crippen MR) is 89.0 cm³/mol. The van der Waals surface area contributed by atoms with Gasteiger partial charge in [0.1, 0.15) is 0 Å². The Morgan fingerprint density at radius 3 is 3.14 bits per heavy atom. The number of nitrogens with zero attached hydrogens (tertiary/aromatic N) is 2. The fourth-order valence-corrected chi connectivity index (χ4v) is 3.21. The maximum absolute atomic E-state index is 12.0. The van der Waals surface area contributed by atoms with Crippen LogP contribution in [-0.2, 0) is 13.0 Å². The van der Waals surface area contributed by atoms with Crippen molar-refractivity contribution in [1.29, 1.82) is 0 Å². The zero-order chi connectivity index (χ0) is 15.5. The van der Waals surface area contributed by atoms with Crippen molar-refractivity contribution in [2.24, 2.45) is 0 Å². The first kappa shape index (κ1) is 15.4. The molecule has 2 amide bonds. The lowest BCUT2D eigenvalue weighted by Crippen LogP contribution is -2.38. The Hall–Kier alpha value is -1.53. The summed E-state index contributed by atoms with van der Waals surface area (Å²) in [7, 11) is 0. The predicted octanol–water partition coefficient (Wildman–Crippen LogP) is 3.29. The second-order valence-electron chi connectivity index (χ2n) is 5.26. The lowest BCUT2D eigenvalue weighted by atomic mass is 10.1. The van der Waals surface area contributed by atoms with Crippen LogP contribution in [0, 0.1) is 0 Å². The van der Waals surface area contributed by atoms with Crippen LogP contribution in [0.3, 0.4) is 0 Å². The molecule has 1 aromatic heterocycles. The van der Waals surface area contributed by atoms with Crippen LogP contribution in [0.4, 0.5) is 4.79 Å². The maximum Gasteiger partial charge on any atom is 0.315 e. The highest BCUT2D eigenvalue weighted by Crippen LogP contribution is 2.32. The molecule has 116 valence electrons. The Morgan fingerprint density at radius 2 is 2.36 bits per heavy atom. The van der Waals surface area contributed by atoms with Crippen molar-refractivity contribution < 1.29 is 4.79 Å². The average molecular weight is 384 g/mol. The van der Waals surface area contributed by atoms with E-state index in [9.17, 15) is 4.79 Å². The van der Waals surface area contributed by atoms with E-state index >= 15 is 0 Å². The van der Waals surface area contributed by atoms with Crippen molar-refractivity contribution in [3.05, 3.63) is 51.2 Å². The molecule has 0 saturated heterocycles. The van der Waals surface area contributed by atoms with Crippen LogP contribution in [0.25, 0.3) is 0 Å². The van der Waals surface area contributed by atoms with Crippen LogP contribution in [0.5, 0.6) is 0 Å². The zero-order valence-electron chi connectivity index (χ0n) is 11.9. The molecule has 1 atom stereocenters. The Balaban J connectivity index is 1.49. The number of aryl methyl sites for hydroxylation is 1. The first-order valence-electron chi connectivity index (χ1n) is 7.12. The molecule has 2 aromatic rings. The average Bonchev–Trinajstić information content (AvgIpc) is 3.05. The number of halogens is 2. The number of aromatic nitrogens is 2. The number of benzene rings is 1. The van der Waals surface area contributed by atoms with E-state index in [1.165, 1.54) is 5.56 Å². The summed E-state index contributed by atoms with van der Waals surface area (Å²) in [5.74, 6) is 0. The summed E-state index contributed by atoms with van der Waals surface area (Å²) < 4.78 is 2.70. The molecule has 1 aliphatic carbocycles. The van der Waals surface area contributed by atoms with E-state index in [1.807, 2.05) is 24.4 Å². The van der Waals surface area contributed by atoms with Gasteiger partial charge in [0.15, 0.2) is 0 Å². The fraction of sp³-hybridized carbons (Fsp3) is 0.333. The number of amides is 2. The highest BCUT2D eigenvalue weighted by molar-refractivity contribution is 9.10. The first-order chi connectivity index (χ1) is 10.6. The molecule has 0 aliphatic heterocycles. The minimum Gasteiger partial charge on any atom is -0.336 e. The standard InChI is InChI=1S/C15H16BrClN4O/c16-11-8-19-21(9-11)6-5-18-15(22)20-14-4-1-10-7-12(17)2-3-13(10)14/h2-3,7-9,14H,1,4-6H2,(H2,18,20,22)/t14-/m1/s1. The highest BCUT2D eigenvalue weighted by atomic mass is 79.9. The summed E-state index contributed by atoms with van der Waals surface area (Å²) in [5, 5.41) is 10.8. The van der Waals surface area contributed by atoms with Gasteiger partial charge < -0.3 is 10.6 Å². The Morgan fingerprint density at radius 1 is 1.50 bits per heavy atom. The lowest BCUT2D eigenvalue weighted by molar-refractivity contribution is 0.236. The van der Waals surface area contributed by atoms with Crippen LogP contribution in [-0.4, -0.2) is 22.4 Å². The van der Waals surface area contributed by atoms with E-state index in [0.717, 1.165) is 27.9 Å². The zero-order valence-corrected chi connectivity index (χ0v) is 14.2. The summed E-state index contributed by atoms with van der Waals surface area (Å²) in [6.45, 7) is 1.16. The van der Waals surface area contributed by atoms with Crippen LogP contribution in [0.1, 0.15) is 23.6 Å². The molecule has 3 rings (SSSR count). The first-order valence-corrected chi connectivity index (χ1v) is 8.29. The molecule has 0 radical (unpaired) electrons. The van der Waals surface area contributed by atoms with Gasteiger partial charge in [0.2, 0.25) is 0 Å². The van der Waals surface area contributed by atoms with Gasteiger partial charge in [-0.2, -0.15) is 5.10 Å². The minimum absolute atomic E-state index is 0.0612. The largest absolute Gasteiger partial charge is 0.336 e. The Bertz CT molecular complexity index is 688. The molecule has 0 fully saturated rings. The summed E-state index contributed by atoms with van der Waals surface area (Å²) >= 11 is 9.33. The van der Waals surface area contributed by atoms with Gasteiger partial charge in [-0.1, -0.05) is 17.7 Å². The molecule has 5 nitrogen and oxygen atoms in total. The second kappa shape index (κ2) is 6.71. The number of hydrogen-bond acceptors (Lipinski definition) is 2. The fourth-order valence-electron chi connectivity index (χ4n) is 2.69. The maximum atomic E-state index is 12.0. The minimum atomic E-state index is -0.154. The van der Waals surface area contributed by atoms with Gasteiger partial charge >= 0.3 is 6.03 Å². The van der Waals surface area contributed by atoms with Crippen LogP contribution < -0.4 is 10.6 Å². The van der Waals surface area contributed by atoms with Crippen molar-refractivity contribution >= 4 is 33.6 Å². The number of hydrogen-bond donors (Lipinski definition) is 2. The second-order valence-corrected chi connectivity index (χ2v) is 6.61. The van der Waals surface area contributed by atoms with E-state index < -0.39 is 0 Å². The Labute approximate surface area is 142 Å². The number of fused-ring (bicyclic) bond motifs is 1. The smallest absolute Gasteiger partial charge is 0.315 e.